The van der Waals surface area contributed by atoms with Crippen LogP contribution >= 0.6 is 11.3 Å². The van der Waals surface area contributed by atoms with Crippen molar-refractivity contribution in [2.45, 2.75) is 38.8 Å². The van der Waals surface area contributed by atoms with Gasteiger partial charge in [0, 0.05) is 67.8 Å². The van der Waals surface area contributed by atoms with Crippen LogP contribution in [0.25, 0.3) is 10.9 Å². The topological polar surface area (TPSA) is 101 Å². The standard InChI is InChI=1S/C24H28N6O4S/c1-24(2,3)34-23(33)30-19-5-4-17(12-16(19)14-26-30)29-15-18(13-20(29)31)27-7-9-28(10-8-27)22(32)21-25-6-11-35-21/h4-6,11-12,14,18H,7-10,13,15H2,1-3H3. The van der Waals surface area contributed by atoms with Gasteiger partial charge < -0.3 is 14.5 Å². The van der Waals surface area contributed by atoms with Crippen LogP contribution in [-0.2, 0) is 9.53 Å². The Bertz CT molecular complexity index is 1260. The van der Waals surface area contributed by atoms with E-state index in [1.165, 1.54) is 16.0 Å². The fourth-order valence-corrected chi connectivity index (χ4v) is 5.18. The molecule has 184 valence electrons. The molecule has 1 atom stereocenters. The lowest BCUT2D eigenvalue weighted by atomic mass is 10.2. The number of fused-ring (bicyclic) bond motifs is 1. The fourth-order valence-electron chi connectivity index (χ4n) is 4.58. The zero-order valence-corrected chi connectivity index (χ0v) is 20.8. The number of anilines is 1. The molecule has 2 amide bonds. The first-order valence-electron chi connectivity index (χ1n) is 11.6. The minimum absolute atomic E-state index is 0.0241. The Hall–Kier alpha value is -3.31. The summed E-state index contributed by atoms with van der Waals surface area (Å²) in [6, 6.07) is 5.62. The molecule has 4 heterocycles. The van der Waals surface area contributed by atoms with Gasteiger partial charge in [-0.15, -0.1) is 11.3 Å². The lowest BCUT2D eigenvalue weighted by Crippen LogP contribution is -2.52. The number of ether oxygens (including phenoxy) is 1. The molecule has 11 heteroatoms. The number of amides is 2. The molecular formula is C24H28N6O4S. The number of nitrogens with zero attached hydrogens (tertiary/aromatic N) is 6. The van der Waals surface area contributed by atoms with Crippen molar-refractivity contribution in [2.24, 2.45) is 0 Å². The summed E-state index contributed by atoms with van der Waals surface area (Å²) in [5.74, 6) is 0.0409. The summed E-state index contributed by atoms with van der Waals surface area (Å²) < 4.78 is 6.67. The Kier molecular flexibility index (Phi) is 6.06. The molecule has 0 spiro atoms. The van der Waals surface area contributed by atoms with Gasteiger partial charge in [0.2, 0.25) is 5.91 Å². The van der Waals surface area contributed by atoms with Crippen LogP contribution in [0.4, 0.5) is 10.5 Å². The van der Waals surface area contributed by atoms with E-state index in [2.05, 4.69) is 15.0 Å². The number of hydrogen-bond acceptors (Lipinski definition) is 8. The van der Waals surface area contributed by atoms with Crippen LogP contribution in [0, 0.1) is 0 Å². The van der Waals surface area contributed by atoms with Crippen molar-refractivity contribution >= 4 is 45.8 Å². The predicted octanol–water partition coefficient (Wildman–Crippen LogP) is 2.84. The molecule has 0 saturated carbocycles. The maximum Gasteiger partial charge on any atom is 0.435 e. The van der Waals surface area contributed by atoms with Gasteiger partial charge in [-0.2, -0.15) is 9.78 Å². The highest BCUT2D eigenvalue weighted by Crippen LogP contribution is 2.28. The lowest BCUT2D eigenvalue weighted by Gasteiger charge is -2.37. The van der Waals surface area contributed by atoms with Gasteiger partial charge in [-0.3, -0.25) is 14.5 Å². The summed E-state index contributed by atoms with van der Waals surface area (Å²) in [7, 11) is 0. The number of carbonyl (C=O) groups is 3. The van der Waals surface area contributed by atoms with E-state index in [0.717, 1.165) is 24.2 Å². The van der Waals surface area contributed by atoms with Crippen LogP contribution in [0.1, 0.15) is 37.0 Å². The van der Waals surface area contributed by atoms with Crippen LogP contribution in [0.2, 0.25) is 0 Å². The monoisotopic (exact) mass is 496 g/mol. The molecule has 0 N–H and O–H groups in total. The highest BCUT2D eigenvalue weighted by molar-refractivity contribution is 7.11. The smallest absolute Gasteiger partial charge is 0.435 e. The van der Waals surface area contributed by atoms with Gasteiger partial charge in [0.1, 0.15) is 5.60 Å². The third-order valence-electron chi connectivity index (χ3n) is 6.27. The number of carbonyl (C=O) groups excluding carboxylic acids is 3. The van der Waals surface area contributed by atoms with Crippen LogP contribution < -0.4 is 4.90 Å². The third kappa shape index (κ3) is 4.78. The molecule has 0 bridgehead atoms. The van der Waals surface area contributed by atoms with Crippen LogP contribution in [0.15, 0.2) is 36.0 Å². The summed E-state index contributed by atoms with van der Waals surface area (Å²) >= 11 is 1.36. The van der Waals surface area contributed by atoms with Crippen molar-refractivity contribution in [2.75, 3.05) is 37.6 Å². The Morgan fingerprint density at radius 3 is 2.60 bits per heavy atom. The highest BCUT2D eigenvalue weighted by atomic mass is 32.1. The second-order valence-electron chi connectivity index (χ2n) is 9.81. The number of thiazole rings is 1. The molecule has 2 aliphatic rings. The van der Waals surface area contributed by atoms with Gasteiger partial charge >= 0.3 is 6.09 Å². The van der Waals surface area contributed by atoms with Crippen LogP contribution in [-0.4, -0.2) is 86.8 Å². The molecule has 3 aromatic rings. The zero-order valence-electron chi connectivity index (χ0n) is 20.0. The van der Waals surface area contributed by atoms with Crippen LogP contribution in [0.3, 0.4) is 0 Å². The van der Waals surface area contributed by atoms with Crippen LogP contribution in [0.5, 0.6) is 0 Å². The quantitative estimate of drug-likeness (QED) is 0.550. The lowest BCUT2D eigenvalue weighted by molar-refractivity contribution is -0.117. The van der Waals surface area contributed by atoms with E-state index < -0.39 is 11.7 Å². The van der Waals surface area contributed by atoms with E-state index in [1.807, 2.05) is 43.2 Å². The molecule has 35 heavy (non-hydrogen) atoms. The Labute approximate surface area is 207 Å². The molecule has 2 aliphatic heterocycles. The van der Waals surface area contributed by atoms with Gasteiger partial charge in [0.15, 0.2) is 5.01 Å². The Morgan fingerprint density at radius 2 is 1.91 bits per heavy atom. The average molecular weight is 497 g/mol. The molecule has 1 unspecified atom stereocenters. The predicted molar refractivity (Wildman–Crippen MR) is 132 cm³/mol. The molecule has 2 saturated heterocycles. The minimum atomic E-state index is -0.619. The van der Waals surface area contributed by atoms with Crippen molar-refractivity contribution in [1.82, 2.24) is 24.6 Å². The third-order valence-corrected chi connectivity index (χ3v) is 7.03. The second kappa shape index (κ2) is 9.04. The fraction of sp³-hybridized carbons (Fsp3) is 0.458. The van der Waals surface area contributed by atoms with Gasteiger partial charge in [0.05, 0.1) is 11.7 Å². The summed E-state index contributed by atoms with van der Waals surface area (Å²) in [5, 5.41) is 7.28. The van der Waals surface area contributed by atoms with Crippen molar-refractivity contribution in [3.05, 3.63) is 41.0 Å². The van der Waals surface area contributed by atoms with E-state index >= 15 is 0 Å². The summed E-state index contributed by atoms with van der Waals surface area (Å²) in [4.78, 5) is 48.0. The SMILES string of the molecule is CC(C)(C)OC(=O)n1ncc2cc(N3CC(N4CCN(C(=O)c5nccs5)CC4)CC3=O)ccc21. The van der Waals surface area contributed by atoms with E-state index in [9.17, 15) is 14.4 Å². The molecule has 2 aromatic heterocycles. The Morgan fingerprint density at radius 1 is 1.14 bits per heavy atom. The Balaban J connectivity index is 1.24. The van der Waals surface area contributed by atoms with Crippen molar-refractivity contribution in [3.8, 4) is 0 Å². The maximum atomic E-state index is 12.9. The second-order valence-corrected chi connectivity index (χ2v) is 10.7. The molecular weight excluding hydrogens is 468 g/mol. The molecule has 10 nitrogen and oxygen atoms in total. The normalized spacial score (nSPS) is 19.5. The van der Waals surface area contributed by atoms with E-state index in [1.54, 1.807) is 23.4 Å². The van der Waals surface area contributed by atoms with E-state index in [-0.39, 0.29) is 17.9 Å². The van der Waals surface area contributed by atoms with Gasteiger partial charge in [-0.25, -0.2) is 9.78 Å². The maximum absolute atomic E-state index is 12.9. The van der Waals surface area contributed by atoms with Gasteiger partial charge in [-0.1, -0.05) is 0 Å². The first-order chi connectivity index (χ1) is 16.7. The first-order valence-corrected chi connectivity index (χ1v) is 12.5. The molecule has 1 aromatic carbocycles. The summed E-state index contributed by atoms with van der Waals surface area (Å²) in [6.07, 6.45) is 3.16. The zero-order chi connectivity index (χ0) is 24.7. The van der Waals surface area contributed by atoms with Gasteiger partial charge in [0.25, 0.3) is 5.91 Å². The van der Waals surface area contributed by atoms with Crippen molar-refractivity contribution < 1.29 is 19.1 Å². The summed E-state index contributed by atoms with van der Waals surface area (Å²) in [5.41, 5.74) is 0.796. The van der Waals surface area contributed by atoms with Crippen molar-refractivity contribution in [1.29, 1.82) is 0 Å². The molecule has 2 fully saturated rings. The number of aromatic nitrogens is 3. The van der Waals surface area contributed by atoms with E-state index in [4.69, 9.17) is 4.74 Å². The number of rotatable bonds is 3. The minimum Gasteiger partial charge on any atom is -0.442 e. The number of hydrogen-bond donors (Lipinski definition) is 0. The molecule has 0 aliphatic carbocycles. The van der Waals surface area contributed by atoms with E-state index in [0.29, 0.717) is 36.6 Å². The summed E-state index contributed by atoms with van der Waals surface area (Å²) in [6.45, 7) is 8.71. The number of piperazine rings is 1. The molecule has 0 radical (unpaired) electrons. The largest absolute Gasteiger partial charge is 0.442 e. The number of benzene rings is 1. The first kappa shape index (κ1) is 23.4. The van der Waals surface area contributed by atoms with Gasteiger partial charge in [-0.05, 0) is 39.0 Å². The van der Waals surface area contributed by atoms with Crippen molar-refractivity contribution in [3.63, 3.8) is 0 Å². The average Bonchev–Trinajstić information content (AvgIpc) is 3.57. The molecule has 5 rings (SSSR count). The highest BCUT2D eigenvalue weighted by Gasteiger charge is 2.36.